The van der Waals surface area contributed by atoms with Crippen molar-refractivity contribution in [3.05, 3.63) is 15.8 Å². The summed E-state index contributed by atoms with van der Waals surface area (Å²) in [6.45, 7) is 5.28. The first-order valence-electron chi connectivity index (χ1n) is 6.31. The molecule has 1 aromatic rings. The summed E-state index contributed by atoms with van der Waals surface area (Å²) in [5, 5.41) is 5.05. The van der Waals surface area contributed by atoms with Crippen molar-refractivity contribution in [1.82, 2.24) is 5.32 Å². The Morgan fingerprint density at radius 1 is 1.63 bits per heavy atom. The van der Waals surface area contributed by atoms with Crippen molar-refractivity contribution in [3.63, 3.8) is 0 Å². The fourth-order valence-corrected chi connectivity index (χ4v) is 3.32. The van der Waals surface area contributed by atoms with Crippen LogP contribution in [0.15, 0.2) is 5.38 Å². The Balaban J connectivity index is 2.30. The smallest absolute Gasteiger partial charge is 0.350 e. The van der Waals surface area contributed by atoms with Crippen molar-refractivity contribution in [3.8, 4) is 0 Å². The standard InChI is InChI=1S/C13H18N2O3S/c1-4-14-9-5-6-15(12(9)16)10-8(2)7-19-11(10)13(17)18-3/h7,9,14H,4-6H2,1-3H3. The maximum Gasteiger partial charge on any atom is 0.350 e. The molecule has 0 bridgehead atoms. The summed E-state index contributed by atoms with van der Waals surface area (Å²) in [6.07, 6.45) is 0.766. The number of esters is 1. The Morgan fingerprint density at radius 3 is 3.00 bits per heavy atom. The van der Waals surface area contributed by atoms with Gasteiger partial charge in [-0.15, -0.1) is 11.3 Å². The highest BCUT2D eigenvalue weighted by atomic mass is 32.1. The number of amides is 1. The molecule has 1 saturated heterocycles. The molecule has 1 fully saturated rings. The van der Waals surface area contributed by atoms with Gasteiger partial charge in [-0.25, -0.2) is 4.79 Å². The summed E-state index contributed by atoms with van der Waals surface area (Å²) in [5.74, 6) is -0.346. The number of nitrogens with one attached hydrogen (secondary N) is 1. The van der Waals surface area contributed by atoms with Crippen molar-refractivity contribution in [1.29, 1.82) is 0 Å². The number of likely N-dealkylation sites (N-methyl/N-ethyl adjacent to an activating group) is 1. The van der Waals surface area contributed by atoms with Gasteiger partial charge in [-0.3, -0.25) is 4.79 Å². The van der Waals surface area contributed by atoms with Gasteiger partial charge in [0.25, 0.3) is 0 Å². The molecule has 19 heavy (non-hydrogen) atoms. The van der Waals surface area contributed by atoms with E-state index >= 15 is 0 Å². The lowest BCUT2D eigenvalue weighted by Crippen LogP contribution is -2.38. The number of hydrogen-bond acceptors (Lipinski definition) is 5. The van der Waals surface area contributed by atoms with Gasteiger partial charge in [0.1, 0.15) is 4.88 Å². The minimum absolute atomic E-state index is 0.0357. The molecule has 1 aliphatic heterocycles. The molecule has 1 unspecified atom stereocenters. The van der Waals surface area contributed by atoms with Gasteiger partial charge in [0.05, 0.1) is 18.8 Å². The van der Waals surface area contributed by atoms with E-state index in [9.17, 15) is 9.59 Å². The van der Waals surface area contributed by atoms with Crippen molar-refractivity contribution in [2.24, 2.45) is 0 Å². The van der Waals surface area contributed by atoms with Gasteiger partial charge >= 0.3 is 5.97 Å². The number of methoxy groups -OCH3 is 1. The quantitative estimate of drug-likeness (QED) is 0.851. The molecule has 0 aliphatic carbocycles. The number of ether oxygens (including phenoxy) is 1. The molecule has 0 radical (unpaired) electrons. The number of carbonyl (C=O) groups is 2. The second-order valence-electron chi connectivity index (χ2n) is 4.48. The van der Waals surface area contributed by atoms with Crippen LogP contribution in [0.3, 0.4) is 0 Å². The lowest BCUT2D eigenvalue weighted by Gasteiger charge is -2.18. The highest BCUT2D eigenvalue weighted by molar-refractivity contribution is 7.12. The van der Waals surface area contributed by atoms with Crippen molar-refractivity contribution in [2.75, 3.05) is 25.1 Å². The monoisotopic (exact) mass is 282 g/mol. The van der Waals surface area contributed by atoms with Crippen molar-refractivity contribution < 1.29 is 14.3 Å². The van der Waals surface area contributed by atoms with Crippen LogP contribution in [0.1, 0.15) is 28.6 Å². The molecule has 0 spiro atoms. The summed E-state index contributed by atoms with van der Waals surface area (Å²) in [4.78, 5) is 26.3. The first kappa shape index (κ1) is 14.0. The first-order valence-corrected chi connectivity index (χ1v) is 7.19. The molecule has 0 aromatic carbocycles. The molecule has 1 atom stereocenters. The number of nitrogens with zero attached hydrogens (tertiary/aromatic N) is 1. The van der Waals surface area contributed by atoms with Crippen LogP contribution in [0.4, 0.5) is 5.69 Å². The van der Waals surface area contributed by atoms with Crippen LogP contribution in [0, 0.1) is 6.92 Å². The van der Waals surface area contributed by atoms with Crippen LogP contribution in [0.5, 0.6) is 0 Å². The average Bonchev–Trinajstić information content (AvgIpc) is 2.94. The van der Waals surface area contributed by atoms with E-state index in [1.807, 2.05) is 19.2 Å². The van der Waals surface area contributed by atoms with E-state index in [1.165, 1.54) is 18.4 Å². The van der Waals surface area contributed by atoms with Crippen molar-refractivity contribution in [2.45, 2.75) is 26.3 Å². The summed E-state index contributed by atoms with van der Waals surface area (Å²) < 4.78 is 4.78. The van der Waals surface area contributed by atoms with Crippen LogP contribution in [0.2, 0.25) is 0 Å². The molecular weight excluding hydrogens is 264 g/mol. The fourth-order valence-electron chi connectivity index (χ4n) is 2.35. The van der Waals surface area contributed by atoms with Gasteiger partial charge in [0, 0.05) is 6.54 Å². The van der Waals surface area contributed by atoms with Gasteiger partial charge in [-0.1, -0.05) is 6.92 Å². The summed E-state index contributed by atoms with van der Waals surface area (Å²) >= 11 is 1.32. The highest BCUT2D eigenvalue weighted by Gasteiger charge is 2.35. The summed E-state index contributed by atoms with van der Waals surface area (Å²) in [5.41, 5.74) is 1.65. The molecule has 1 N–H and O–H groups in total. The van der Waals surface area contributed by atoms with Gasteiger partial charge < -0.3 is 15.0 Å². The number of carbonyl (C=O) groups excluding carboxylic acids is 2. The van der Waals surface area contributed by atoms with Crippen molar-refractivity contribution >= 4 is 28.9 Å². The van der Waals surface area contributed by atoms with Gasteiger partial charge in [-0.05, 0) is 30.8 Å². The molecule has 1 aromatic heterocycles. The van der Waals surface area contributed by atoms with E-state index in [1.54, 1.807) is 4.90 Å². The molecule has 5 nitrogen and oxygen atoms in total. The van der Waals surface area contributed by atoms with Crippen LogP contribution in [0.25, 0.3) is 0 Å². The average molecular weight is 282 g/mol. The summed E-state index contributed by atoms with van der Waals surface area (Å²) in [7, 11) is 1.36. The second kappa shape index (κ2) is 5.71. The summed E-state index contributed by atoms with van der Waals surface area (Å²) in [6, 6.07) is -0.144. The third kappa shape index (κ3) is 2.50. The van der Waals surface area contributed by atoms with Crippen LogP contribution >= 0.6 is 11.3 Å². The Kier molecular flexibility index (Phi) is 4.21. The molecule has 1 aliphatic rings. The fraction of sp³-hybridized carbons (Fsp3) is 0.538. The predicted octanol–water partition coefficient (Wildman–Crippen LogP) is 1.56. The number of hydrogen-bond donors (Lipinski definition) is 1. The normalized spacial score (nSPS) is 19.0. The van der Waals surface area contributed by atoms with E-state index in [0.717, 1.165) is 18.5 Å². The zero-order valence-corrected chi connectivity index (χ0v) is 12.2. The SMILES string of the molecule is CCNC1CCN(c2c(C)csc2C(=O)OC)C1=O. The third-order valence-electron chi connectivity index (χ3n) is 3.24. The largest absolute Gasteiger partial charge is 0.465 e. The first-order chi connectivity index (χ1) is 9.10. The van der Waals surface area contributed by atoms with Crippen LogP contribution in [-0.4, -0.2) is 38.1 Å². The lowest BCUT2D eigenvalue weighted by molar-refractivity contribution is -0.118. The Morgan fingerprint density at radius 2 is 2.37 bits per heavy atom. The highest BCUT2D eigenvalue weighted by Crippen LogP contribution is 2.34. The van der Waals surface area contributed by atoms with E-state index in [0.29, 0.717) is 17.1 Å². The van der Waals surface area contributed by atoms with E-state index in [4.69, 9.17) is 4.74 Å². The maximum absolute atomic E-state index is 12.3. The Labute approximate surface area is 116 Å². The molecule has 2 rings (SSSR count). The minimum atomic E-state index is -0.382. The zero-order valence-electron chi connectivity index (χ0n) is 11.4. The van der Waals surface area contributed by atoms with Crippen LogP contribution in [-0.2, 0) is 9.53 Å². The molecule has 1 amide bonds. The number of rotatable bonds is 4. The Hall–Kier alpha value is -1.40. The zero-order chi connectivity index (χ0) is 14.0. The number of thiophene rings is 1. The van der Waals surface area contributed by atoms with Gasteiger partial charge in [0.15, 0.2) is 0 Å². The van der Waals surface area contributed by atoms with E-state index in [2.05, 4.69) is 5.32 Å². The molecule has 2 heterocycles. The second-order valence-corrected chi connectivity index (χ2v) is 5.36. The van der Waals surface area contributed by atoms with Gasteiger partial charge in [0.2, 0.25) is 5.91 Å². The number of anilines is 1. The lowest BCUT2D eigenvalue weighted by atomic mass is 10.2. The molecule has 0 saturated carbocycles. The maximum atomic E-state index is 12.3. The number of aryl methyl sites for hydroxylation is 1. The molecular formula is C13H18N2O3S. The third-order valence-corrected chi connectivity index (χ3v) is 4.31. The molecule has 104 valence electrons. The van der Waals surface area contributed by atoms with Crippen LogP contribution < -0.4 is 10.2 Å². The predicted molar refractivity (Wildman–Crippen MR) is 74.8 cm³/mol. The minimum Gasteiger partial charge on any atom is -0.465 e. The molecule has 6 heteroatoms. The Bertz CT molecular complexity index is 498. The van der Waals surface area contributed by atoms with Gasteiger partial charge in [-0.2, -0.15) is 0 Å². The van der Waals surface area contributed by atoms with E-state index in [-0.39, 0.29) is 17.9 Å². The van der Waals surface area contributed by atoms with E-state index < -0.39 is 0 Å². The topological polar surface area (TPSA) is 58.6 Å².